The summed E-state index contributed by atoms with van der Waals surface area (Å²) in [6.45, 7) is 8.77. The minimum absolute atomic E-state index is 0.323. The van der Waals surface area contributed by atoms with E-state index < -0.39 is 35.0 Å². The SMILES string of the molecule is CC(C)C(C(=O)OC(C)(C)C)N(c1ccc(-c2ccc(OC(=O)Nc3csc4ccccc34)cc2)cc1)S(=O)[O-]. The van der Waals surface area contributed by atoms with Gasteiger partial charge in [-0.25, -0.2) is 9.59 Å². The van der Waals surface area contributed by atoms with Crippen LogP contribution in [0.1, 0.15) is 34.6 Å². The maximum atomic E-state index is 12.9. The van der Waals surface area contributed by atoms with Crippen LogP contribution < -0.4 is 14.4 Å². The number of carbonyl (C=O) groups excluding carboxylic acids is 2. The molecule has 0 fully saturated rings. The van der Waals surface area contributed by atoms with Crippen LogP contribution in [0.25, 0.3) is 21.2 Å². The van der Waals surface area contributed by atoms with Crippen LogP contribution in [0.2, 0.25) is 0 Å². The van der Waals surface area contributed by atoms with Crippen molar-refractivity contribution in [1.82, 2.24) is 0 Å². The Hall–Kier alpha value is -3.73. The molecule has 0 radical (unpaired) electrons. The van der Waals surface area contributed by atoms with Gasteiger partial charge in [-0.3, -0.25) is 13.8 Å². The van der Waals surface area contributed by atoms with Gasteiger partial charge in [-0.05, 0) is 68.1 Å². The molecule has 0 saturated carbocycles. The van der Waals surface area contributed by atoms with Gasteiger partial charge < -0.3 is 14.0 Å². The van der Waals surface area contributed by atoms with Crippen molar-refractivity contribution in [1.29, 1.82) is 0 Å². The zero-order chi connectivity index (χ0) is 29.0. The first-order valence-electron chi connectivity index (χ1n) is 12.7. The van der Waals surface area contributed by atoms with Gasteiger partial charge >= 0.3 is 12.1 Å². The molecule has 1 aromatic heterocycles. The van der Waals surface area contributed by atoms with E-state index in [0.717, 1.165) is 25.5 Å². The van der Waals surface area contributed by atoms with E-state index in [2.05, 4.69) is 5.32 Å². The molecule has 40 heavy (non-hydrogen) atoms. The Morgan fingerprint density at radius 1 is 0.950 bits per heavy atom. The second-order valence-corrected chi connectivity index (χ2v) is 12.2. The zero-order valence-electron chi connectivity index (χ0n) is 22.9. The summed E-state index contributed by atoms with van der Waals surface area (Å²) in [7, 11) is 0. The highest BCUT2D eigenvalue weighted by molar-refractivity contribution is 7.80. The summed E-state index contributed by atoms with van der Waals surface area (Å²) in [4.78, 5) is 25.3. The van der Waals surface area contributed by atoms with E-state index in [0.29, 0.717) is 17.1 Å². The van der Waals surface area contributed by atoms with Gasteiger partial charge in [-0.15, -0.1) is 11.3 Å². The highest BCUT2D eigenvalue weighted by Crippen LogP contribution is 2.31. The fraction of sp³-hybridized carbons (Fsp3) is 0.267. The highest BCUT2D eigenvalue weighted by atomic mass is 32.2. The van der Waals surface area contributed by atoms with Crippen molar-refractivity contribution in [2.24, 2.45) is 5.92 Å². The van der Waals surface area contributed by atoms with Gasteiger partial charge in [0, 0.05) is 32.4 Å². The molecule has 2 unspecified atom stereocenters. The van der Waals surface area contributed by atoms with Crippen LogP contribution in [0.4, 0.5) is 16.2 Å². The van der Waals surface area contributed by atoms with Crippen molar-refractivity contribution >= 4 is 56.1 Å². The monoisotopic (exact) mass is 579 g/mol. The van der Waals surface area contributed by atoms with Crippen LogP contribution in [-0.2, 0) is 20.8 Å². The van der Waals surface area contributed by atoms with E-state index in [1.807, 2.05) is 29.6 Å². The summed E-state index contributed by atoms with van der Waals surface area (Å²) in [6, 6.07) is 20.6. The summed E-state index contributed by atoms with van der Waals surface area (Å²) in [5, 5.41) is 5.61. The first-order valence-corrected chi connectivity index (χ1v) is 14.6. The molecule has 0 aliphatic rings. The number of fused-ring (bicyclic) bond motifs is 1. The van der Waals surface area contributed by atoms with Gasteiger partial charge in [0.15, 0.2) is 0 Å². The molecule has 1 heterocycles. The molecule has 3 aromatic carbocycles. The predicted octanol–water partition coefficient (Wildman–Crippen LogP) is 7.15. The molecular formula is C30H31N2O6S2-. The summed E-state index contributed by atoms with van der Waals surface area (Å²) in [5.74, 6) is -0.555. The van der Waals surface area contributed by atoms with Crippen LogP contribution in [0.15, 0.2) is 78.2 Å². The van der Waals surface area contributed by atoms with Crippen LogP contribution in [0.5, 0.6) is 5.75 Å². The first kappa shape index (κ1) is 29.3. The number of benzene rings is 3. The third kappa shape index (κ3) is 7.07. The third-order valence-corrected chi connectivity index (χ3v) is 7.65. The Morgan fingerprint density at radius 2 is 1.55 bits per heavy atom. The standard InChI is InChI=1S/C30H32N2O6S2/c1-19(2)27(28(33)38-30(3,4)5)32(40(35)36)22-14-10-20(11-15-22)21-12-16-23(17-13-21)37-29(34)31-25-18-39-26-9-7-6-8-24(25)26/h6-19,27H,1-5H3,(H,31,34)(H,35,36)/p-1. The number of esters is 1. The van der Waals surface area contributed by atoms with Gasteiger partial charge in [0.1, 0.15) is 17.4 Å². The van der Waals surface area contributed by atoms with E-state index in [-0.39, 0.29) is 5.92 Å². The van der Waals surface area contributed by atoms with E-state index in [4.69, 9.17) is 9.47 Å². The van der Waals surface area contributed by atoms with Gasteiger partial charge in [-0.1, -0.05) is 56.3 Å². The molecule has 1 N–H and O–H groups in total. The maximum Gasteiger partial charge on any atom is 0.417 e. The number of ether oxygens (including phenoxy) is 2. The minimum atomic E-state index is -2.71. The number of amides is 1. The minimum Gasteiger partial charge on any atom is -0.755 e. The molecule has 0 aliphatic heterocycles. The van der Waals surface area contributed by atoms with Crippen LogP contribution in [0, 0.1) is 5.92 Å². The van der Waals surface area contributed by atoms with Crippen LogP contribution in [0.3, 0.4) is 0 Å². The molecule has 0 aliphatic carbocycles. The molecule has 0 saturated heterocycles. The number of hydrogen-bond acceptors (Lipinski definition) is 7. The first-order chi connectivity index (χ1) is 18.9. The highest BCUT2D eigenvalue weighted by Gasteiger charge is 2.34. The number of nitrogens with one attached hydrogen (secondary N) is 1. The largest absolute Gasteiger partial charge is 0.755 e. The fourth-order valence-electron chi connectivity index (χ4n) is 4.17. The molecule has 0 spiro atoms. The molecule has 1 amide bonds. The van der Waals surface area contributed by atoms with E-state index >= 15 is 0 Å². The Labute approximate surface area is 240 Å². The molecule has 4 rings (SSSR count). The molecule has 8 nitrogen and oxygen atoms in total. The smallest absolute Gasteiger partial charge is 0.417 e. The summed E-state index contributed by atoms with van der Waals surface area (Å²) < 4.78 is 37.5. The van der Waals surface area contributed by atoms with E-state index in [1.54, 1.807) is 94.5 Å². The van der Waals surface area contributed by atoms with Crippen molar-refractivity contribution in [3.63, 3.8) is 0 Å². The van der Waals surface area contributed by atoms with Crippen molar-refractivity contribution in [3.05, 3.63) is 78.2 Å². The van der Waals surface area contributed by atoms with Gasteiger partial charge in [0.05, 0.1) is 5.69 Å². The normalized spacial score (nSPS) is 13.1. The molecule has 210 valence electrons. The van der Waals surface area contributed by atoms with Gasteiger partial charge in [0.25, 0.3) is 0 Å². The average Bonchev–Trinajstić information content (AvgIpc) is 3.29. The summed E-state index contributed by atoms with van der Waals surface area (Å²) in [5.41, 5.74) is 1.95. The lowest BCUT2D eigenvalue weighted by Gasteiger charge is -2.36. The van der Waals surface area contributed by atoms with Crippen LogP contribution >= 0.6 is 11.3 Å². The zero-order valence-corrected chi connectivity index (χ0v) is 24.5. The van der Waals surface area contributed by atoms with Crippen molar-refractivity contribution in [3.8, 4) is 16.9 Å². The molecule has 4 aromatic rings. The lowest BCUT2D eigenvalue weighted by atomic mass is 10.0. The van der Waals surface area contributed by atoms with Crippen molar-refractivity contribution in [2.45, 2.75) is 46.3 Å². The van der Waals surface area contributed by atoms with E-state index in [9.17, 15) is 18.4 Å². The van der Waals surface area contributed by atoms with E-state index in [1.165, 1.54) is 0 Å². The molecule has 10 heteroatoms. The Kier molecular flexibility index (Phi) is 8.92. The number of carbonyl (C=O) groups is 2. The fourth-order valence-corrected chi connectivity index (χ4v) is 5.88. The number of anilines is 2. The lowest BCUT2D eigenvalue weighted by molar-refractivity contribution is -0.157. The summed E-state index contributed by atoms with van der Waals surface area (Å²) >= 11 is -1.16. The second-order valence-electron chi connectivity index (χ2n) is 10.5. The number of hydrogen-bond donors (Lipinski definition) is 1. The average molecular weight is 580 g/mol. The van der Waals surface area contributed by atoms with Crippen molar-refractivity contribution < 1.29 is 27.8 Å². The summed E-state index contributed by atoms with van der Waals surface area (Å²) in [6.07, 6.45) is -0.587. The Balaban J connectivity index is 1.46. The number of thiophene rings is 1. The topological polar surface area (TPSA) is 108 Å². The van der Waals surface area contributed by atoms with Gasteiger partial charge in [0.2, 0.25) is 0 Å². The maximum absolute atomic E-state index is 12.9. The predicted molar refractivity (Wildman–Crippen MR) is 159 cm³/mol. The number of rotatable bonds is 8. The van der Waals surface area contributed by atoms with Crippen LogP contribution in [-0.4, -0.2) is 32.5 Å². The third-order valence-electron chi connectivity index (χ3n) is 5.93. The Bertz CT molecular complexity index is 1510. The quantitative estimate of drug-likeness (QED) is 0.175. The molecule has 2 atom stereocenters. The molecule has 0 bridgehead atoms. The van der Waals surface area contributed by atoms with Gasteiger partial charge in [-0.2, -0.15) is 0 Å². The van der Waals surface area contributed by atoms with Crippen molar-refractivity contribution in [2.75, 3.05) is 9.62 Å². The Morgan fingerprint density at radius 3 is 2.12 bits per heavy atom. The second kappa shape index (κ2) is 12.2. The molecular weight excluding hydrogens is 548 g/mol. The lowest BCUT2D eigenvalue weighted by Crippen LogP contribution is -2.48. The number of nitrogens with zero attached hydrogens (tertiary/aromatic N) is 1.